The molecule has 2 rings (SSSR count). The minimum Gasteiger partial charge on any atom is -0.479 e. The predicted octanol–water partition coefficient (Wildman–Crippen LogP) is 0.0178. The molecule has 0 aliphatic carbocycles. The van der Waals surface area contributed by atoms with E-state index in [1.807, 2.05) is 10.8 Å². The number of nitrogens with zero attached hydrogens (tertiary/aromatic N) is 3. The van der Waals surface area contributed by atoms with Crippen LogP contribution in [0.3, 0.4) is 0 Å². The van der Waals surface area contributed by atoms with Crippen LogP contribution in [0.25, 0.3) is 11.0 Å². The molecule has 4 N–H and O–H groups in total. The summed E-state index contributed by atoms with van der Waals surface area (Å²) in [6.45, 7) is 2.74. The zero-order valence-corrected chi connectivity index (χ0v) is 15.3. The monoisotopic (exact) mass is 368 g/mol. The number of unbranched alkanes of at least 4 members (excludes halogenated alkanes) is 1. The zero-order chi connectivity index (χ0) is 18.9. The highest BCUT2D eigenvalue weighted by Crippen LogP contribution is 2.26. The summed E-state index contributed by atoms with van der Waals surface area (Å²) in [5, 5.41) is 31.2. The van der Waals surface area contributed by atoms with Gasteiger partial charge in [0.05, 0.1) is 32.5 Å². The molecule has 2 atom stereocenters. The first-order valence-electron chi connectivity index (χ1n) is 8.73. The van der Waals surface area contributed by atoms with Crippen molar-refractivity contribution >= 4 is 11.0 Å². The normalized spacial score (nSPS) is 13.9. The molecule has 2 aromatic rings. The van der Waals surface area contributed by atoms with Gasteiger partial charge in [-0.15, -0.1) is 0 Å². The minimum atomic E-state index is -1.05. The number of hydrogen-bond acceptors (Lipinski definition) is 8. The van der Waals surface area contributed by atoms with Gasteiger partial charge in [-0.3, -0.25) is 0 Å². The van der Waals surface area contributed by atoms with Crippen LogP contribution in [0.4, 0.5) is 0 Å². The Morgan fingerprint density at radius 2 is 2.08 bits per heavy atom. The quantitative estimate of drug-likeness (QED) is 0.387. The molecule has 0 spiro atoms. The summed E-state index contributed by atoms with van der Waals surface area (Å²) in [7, 11) is 1.55. The molecule has 0 saturated carbocycles. The lowest BCUT2D eigenvalue weighted by Crippen LogP contribution is -2.44. The van der Waals surface area contributed by atoms with Crippen molar-refractivity contribution in [2.45, 2.75) is 45.2 Å². The second-order valence-corrected chi connectivity index (χ2v) is 6.02. The fourth-order valence-corrected chi connectivity index (χ4v) is 2.65. The molecule has 0 amide bonds. The maximum Gasteiger partial charge on any atom is 0.241 e. The molecule has 0 radical (unpaired) electrons. The largest absolute Gasteiger partial charge is 0.479 e. The zero-order valence-electron chi connectivity index (χ0n) is 15.3. The van der Waals surface area contributed by atoms with Crippen LogP contribution in [0.2, 0.25) is 0 Å². The van der Waals surface area contributed by atoms with Crippen LogP contribution in [0.1, 0.15) is 25.3 Å². The van der Waals surface area contributed by atoms with Gasteiger partial charge in [0.2, 0.25) is 5.88 Å². The van der Waals surface area contributed by atoms with E-state index in [2.05, 4.69) is 22.2 Å². The van der Waals surface area contributed by atoms with Crippen molar-refractivity contribution in [3.8, 4) is 5.88 Å². The number of fused-ring (bicyclic) bond motifs is 1. The lowest BCUT2D eigenvalue weighted by atomic mass is 10.1. The van der Waals surface area contributed by atoms with Gasteiger partial charge >= 0.3 is 0 Å². The van der Waals surface area contributed by atoms with Crippen LogP contribution < -0.4 is 10.1 Å². The Bertz CT molecular complexity index is 678. The van der Waals surface area contributed by atoms with Crippen LogP contribution in [0, 0.1) is 0 Å². The fourth-order valence-electron chi connectivity index (χ4n) is 2.65. The molecule has 0 aliphatic heterocycles. The summed E-state index contributed by atoms with van der Waals surface area (Å²) in [6, 6.07) is -0.636. The summed E-state index contributed by atoms with van der Waals surface area (Å²) in [5.74, 6) is 0.453. The highest BCUT2D eigenvalue weighted by Gasteiger charge is 2.20. The summed E-state index contributed by atoms with van der Waals surface area (Å²) in [4.78, 5) is 8.50. The van der Waals surface area contributed by atoms with Gasteiger partial charge in [-0.25, -0.2) is 4.98 Å². The van der Waals surface area contributed by atoms with E-state index in [9.17, 15) is 10.2 Å². The van der Waals surface area contributed by atoms with E-state index in [0.29, 0.717) is 31.3 Å². The van der Waals surface area contributed by atoms with Gasteiger partial charge in [0.25, 0.3) is 0 Å². The summed E-state index contributed by atoms with van der Waals surface area (Å²) in [6.07, 6.45) is 4.32. The van der Waals surface area contributed by atoms with Crippen molar-refractivity contribution in [1.82, 2.24) is 19.9 Å². The molecule has 2 aromatic heterocycles. The van der Waals surface area contributed by atoms with Crippen LogP contribution in [0.15, 0.2) is 12.5 Å². The molecule has 0 aliphatic rings. The number of nitrogens with one attached hydrogen (secondary N) is 1. The van der Waals surface area contributed by atoms with Crippen molar-refractivity contribution in [2.24, 2.45) is 0 Å². The molecule has 0 aromatic carbocycles. The van der Waals surface area contributed by atoms with Gasteiger partial charge < -0.3 is 34.7 Å². The number of aromatic nitrogens is 3. The third-order valence-electron chi connectivity index (χ3n) is 4.16. The molecule has 0 unspecified atom stereocenters. The second kappa shape index (κ2) is 10.4. The Labute approximate surface area is 152 Å². The molecular formula is C17H28N4O5. The molecule has 0 bridgehead atoms. The lowest BCUT2D eigenvalue weighted by molar-refractivity contribution is 0.0410. The van der Waals surface area contributed by atoms with E-state index < -0.39 is 18.8 Å². The fraction of sp³-hybridized carbons (Fsp3) is 0.647. The minimum absolute atomic E-state index is 0.293. The van der Waals surface area contributed by atoms with Crippen molar-refractivity contribution in [3.63, 3.8) is 0 Å². The van der Waals surface area contributed by atoms with E-state index in [1.165, 1.54) is 6.33 Å². The molecule has 9 heteroatoms. The van der Waals surface area contributed by atoms with Gasteiger partial charge in [-0.2, -0.15) is 4.98 Å². The second-order valence-electron chi connectivity index (χ2n) is 6.02. The number of aliphatic hydroxyl groups is 3. The van der Waals surface area contributed by atoms with Crippen molar-refractivity contribution in [1.29, 1.82) is 0 Å². The van der Waals surface area contributed by atoms with Crippen molar-refractivity contribution in [3.05, 3.63) is 18.1 Å². The number of methoxy groups -OCH3 is 1. The number of ether oxygens (including phenoxy) is 2. The first-order chi connectivity index (χ1) is 12.7. The molecule has 0 fully saturated rings. The van der Waals surface area contributed by atoms with Crippen LogP contribution in [-0.4, -0.2) is 68.9 Å². The SMILES string of the molecule is CCCCOCn1cc(CN[C@H](CO)[C@H](O)CO)c2ncnc(OC)c21. The van der Waals surface area contributed by atoms with E-state index in [0.717, 1.165) is 23.9 Å². The summed E-state index contributed by atoms with van der Waals surface area (Å²) >= 11 is 0. The Kier molecular flexibility index (Phi) is 8.20. The Morgan fingerprint density at radius 3 is 2.73 bits per heavy atom. The highest BCUT2D eigenvalue weighted by atomic mass is 16.5. The predicted molar refractivity (Wildman–Crippen MR) is 95.7 cm³/mol. The van der Waals surface area contributed by atoms with Gasteiger partial charge in [0.1, 0.15) is 24.1 Å². The van der Waals surface area contributed by atoms with Gasteiger partial charge in [0, 0.05) is 24.9 Å². The third-order valence-corrected chi connectivity index (χ3v) is 4.16. The molecule has 26 heavy (non-hydrogen) atoms. The van der Waals surface area contributed by atoms with E-state index >= 15 is 0 Å². The lowest BCUT2D eigenvalue weighted by Gasteiger charge is -2.20. The first-order valence-corrected chi connectivity index (χ1v) is 8.73. The maximum absolute atomic E-state index is 9.72. The Morgan fingerprint density at radius 1 is 1.27 bits per heavy atom. The molecule has 146 valence electrons. The van der Waals surface area contributed by atoms with E-state index in [-0.39, 0.29) is 6.61 Å². The topological polar surface area (TPSA) is 122 Å². The van der Waals surface area contributed by atoms with Gasteiger partial charge in [0.15, 0.2) is 0 Å². The molecule has 2 heterocycles. The Balaban J connectivity index is 2.23. The molecule has 0 saturated heterocycles. The Hall–Kier alpha value is -1.78. The smallest absolute Gasteiger partial charge is 0.241 e. The van der Waals surface area contributed by atoms with Crippen LogP contribution >= 0.6 is 0 Å². The average molecular weight is 368 g/mol. The van der Waals surface area contributed by atoms with Crippen molar-refractivity contribution in [2.75, 3.05) is 26.9 Å². The maximum atomic E-state index is 9.72. The van der Waals surface area contributed by atoms with Crippen LogP contribution in [-0.2, 0) is 18.0 Å². The van der Waals surface area contributed by atoms with E-state index in [1.54, 1.807) is 7.11 Å². The van der Waals surface area contributed by atoms with E-state index in [4.69, 9.17) is 14.6 Å². The third kappa shape index (κ3) is 4.89. The highest BCUT2D eigenvalue weighted by molar-refractivity contribution is 5.83. The first kappa shape index (κ1) is 20.5. The number of hydrogen-bond donors (Lipinski definition) is 4. The number of aliphatic hydroxyl groups excluding tert-OH is 3. The molecule has 9 nitrogen and oxygen atoms in total. The van der Waals surface area contributed by atoms with Gasteiger partial charge in [-0.1, -0.05) is 13.3 Å². The van der Waals surface area contributed by atoms with Gasteiger partial charge in [-0.05, 0) is 6.42 Å². The van der Waals surface area contributed by atoms with Crippen LogP contribution in [0.5, 0.6) is 5.88 Å². The molecular weight excluding hydrogens is 340 g/mol. The summed E-state index contributed by atoms with van der Waals surface area (Å²) < 4.78 is 12.9. The van der Waals surface area contributed by atoms with Crippen molar-refractivity contribution < 1.29 is 24.8 Å². The number of rotatable bonds is 12. The summed E-state index contributed by atoms with van der Waals surface area (Å²) in [5.41, 5.74) is 2.29. The average Bonchev–Trinajstić information content (AvgIpc) is 3.03. The standard InChI is InChI=1S/C17H28N4O5/c1-3-4-5-26-11-21-7-12(6-18-13(8-22)14(24)9-23)15-16(21)17(25-2)20-10-19-15/h7,10,13-14,18,22-24H,3-6,8-9,11H2,1-2H3/t13-,14-/m1/s1.